The van der Waals surface area contributed by atoms with E-state index in [1.54, 1.807) is 0 Å². The van der Waals surface area contributed by atoms with Crippen LogP contribution in [0.15, 0.2) is 24.5 Å². The second kappa shape index (κ2) is 4.73. The van der Waals surface area contributed by atoms with Crippen LogP contribution in [0.3, 0.4) is 0 Å². The molecule has 3 heteroatoms. The second-order valence-corrected chi connectivity index (χ2v) is 4.71. The van der Waals surface area contributed by atoms with Gasteiger partial charge in [0.1, 0.15) is 0 Å². The minimum Gasteiger partial charge on any atom is -0.326 e. The van der Waals surface area contributed by atoms with E-state index in [0.29, 0.717) is 0 Å². The van der Waals surface area contributed by atoms with Crippen LogP contribution in [0.5, 0.6) is 0 Å². The van der Waals surface area contributed by atoms with Crippen molar-refractivity contribution >= 4 is 0 Å². The maximum atomic E-state index is 6.22. The van der Waals surface area contributed by atoms with E-state index in [2.05, 4.69) is 37.8 Å². The van der Waals surface area contributed by atoms with Crippen LogP contribution in [0.2, 0.25) is 0 Å². The standard InChI is InChI=1S/C12H21N3/c1-12(2,15(3)4)11(13)9-10-5-7-14-8-6-10/h5-8,11H,9,13H2,1-4H3. The lowest BCUT2D eigenvalue weighted by Crippen LogP contribution is -2.54. The summed E-state index contributed by atoms with van der Waals surface area (Å²) in [5.74, 6) is 0. The van der Waals surface area contributed by atoms with E-state index < -0.39 is 0 Å². The predicted octanol–water partition coefficient (Wildman–Crippen LogP) is 1.29. The number of rotatable bonds is 4. The van der Waals surface area contributed by atoms with Crippen LogP contribution in [0, 0.1) is 0 Å². The molecular formula is C12H21N3. The van der Waals surface area contributed by atoms with Crippen LogP contribution in [0.1, 0.15) is 19.4 Å². The zero-order valence-electron chi connectivity index (χ0n) is 10.1. The molecule has 1 aromatic heterocycles. The van der Waals surface area contributed by atoms with E-state index in [0.717, 1.165) is 6.42 Å². The van der Waals surface area contributed by atoms with Crippen molar-refractivity contribution in [2.45, 2.75) is 31.8 Å². The van der Waals surface area contributed by atoms with E-state index in [1.807, 2.05) is 24.5 Å². The molecule has 3 nitrogen and oxygen atoms in total. The Morgan fingerprint density at radius 3 is 2.33 bits per heavy atom. The van der Waals surface area contributed by atoms with E-state index in [4.69, 9.17) is 5.73 Å². The Morgan fingerprint density at radius 1 is 1.33 bits per heavy atom. The molecule has 0 aliphatic rings. The van der Waals surface area contributed by atoms with E-state index in [9.17, 15) is 0 Å². The highest BCUT2D eigenvalue weighted by atomic mass is 15.2. The summed E-state index contributed by atoms with van der Waals surface area (Å²) in [6, 6.07) is 4.16. The zero-order valence-corrected chi connectivity index (χ0v) is 10.1. The lowest BCUT2D eigenvalue weighted by atomic mass is 9.89. The highest BCUT2D eigenvalue weighted by Gasteiger charge is 2.28. The Morgan fingerprint density at radius 2 is 1.87 bits per heavy atom. The maximum absolute atomic E-state index is 6.22. The van der Waals surface area contributed by atoms with Crippen molar-refractivity contribution < 1.29 is 0 Å². The van der Waals surface area contributed by atoms with Gasteiger partial charge in [-0.2, -0.15) is 0 Å². The van der Waals surface area contributed by atoms with Gasteiger partial charge in [0.2, 0.25) is 0 Å². The molecule has 84 valence electrons. The maximum Gasteiger partial charge on any atom is 0.0301 e. The molecule has 0 aliphatic carbocycles. The second-order valence-electron chi connectivity index (χ2n) is 4.71. The van der Waals surface area contributed by atoms with Gasteiger partial charge in [0.05, 0.1) is 0 Å². The van der Waals surface area contributed by atoms with E-state index >= 15 is 0 Å². The first kappa shape index (κ1) is 12.1. The molecule has 0 fully saturated rings. The van der Waals surface area contributed by atoms with Crippen molar-refractivity contribution in [1.29, 1.82) is 0 Å². The van der Waals surface area contributed by atoms with E-state index in [-0.39, 0.29) is 11.6 Å². The summed E-state index contributed by atoms with van der Waals surface area (Å²) in [4.78, 5) is 6.16. The summed E-state index contributed by atoms with van der Waals surface area (Å²) < 4.78 is 0. The highest BCUT2D eigenvalue weighted by molar-refractivity contribution is 5.13. The molecule has 0 spiro atoms. The third-order valence-corrected chi connectivity index (χ3v) is 3.27. The quantitative estimate of drug-likeness (QED) is 0.809. The van der Waals surface area contributed by atoms with Crippen molar-refractivity contribution in [1.82, 2.24) is 9.88 Å². The van der Waals surface area contributed by atoms with Crippen LogP contribution in [-0.2, 0) is 6.42 Å². The summed E-state index contributed by atoms with van der Waals surface area (Å²) in [6.07, 6.45) is 4.50. The minimum absolute atomic E-state index is 0.00324. The van der Waals surface area contributed by atoms with Gasteiger partial charge in [-0.05, 0) is 52.1 Å². The fourth-order valence-electron chi connectivity index (χ4n) is 1.35. The smallest absolute Gasteiger partial charge is 0.0301 e. The average molecular weight is 207 g/mol. The summed E-state index contributed by atoms with van der Waals surface area (Å²) in [5, 5.41) is 0. The van der Waals surface area contributed by atoms with Gasteiger partial charge in [-0.15, -0.1) is 0 Å². The number of aromatic nitrogens is 1. The SMILES string of the molecule is CN(C)C(C)(C)C(N)Cc1ccncc1. The Hall–Kier alpha value is -0.930. The Balaban J connectivity index is 2.67. The normalized spacial score (nSPS) is 14.3. The van der Waals surface area contributed by atoms with Crippen LogP contribution >= 0.6 is 0 Å². The molecule has 0 saturated heterocycles. The highest BCUT2D eigenvalue weighted by Crippen LogP contribution is 2.17. The molecule has 0 aromatic carbocycles. The predicted molar refractivity (Wildman–Crippen MR) is 63.7 cm³/mol. The molecule has 1 rings (SSSR count). The molecule has 0 saturated carbocycles. The van der Waals surface area contributed by atoms with Gasteiger partial charge in [0.25, 0.3) is 0 Å². The first-order valence-electron chi connectivity index (χ1n) is 5.26. The van der Waals surface area contributed by atoms with Gasteiger partial charge in [-0.3, -0.25) is 4.98 Å². The molecular weight excluding hydrogens is 186 g/mol. The van der Waals surface area contributed by atoms with Gasteiger partial charge in [-0.1, -0.05) is 0 Å². The summed E-state index contributed by atoms with van der Waals surface area (Å²) in [7, 11) is 4.12. The molecule has 2 N–H and O–H groups in total. The van der Waals surface area contributed by atoms with Crippen LogP contribution in [0.25, 0.3) is 0 Å². The van der Waals surface area contributed by atoms with Gasteiger partial charge >= 0.3 is 0 Å². The lowest BCUT2D eigenvalue weighted by Gasteiger charge is -2.38. The van der Waals surface area contributed by atoms with Crippen molar-refractivity contribution in [3.63, 3.8) is 0 Å². The summed E-state index contributed by atoms with van der Waals surface area (Å²) in [5.41, 5.74) is 7.47. The van der Waals surface area contributed by atoms with Crippen molar-refractivity contribution in [2.24, 2.45) is 5.73 Å². The largest absolute Gasteiger partial charge is 0.326 e. The topological polar surface area (TPSA) is 42.1 Å². The Kier molecular flexibility index (Phi) is 3.83. The zero-order chi connectivity index (χ0) is 11.5. The third kappa shape index (κ3) is 3.01. The number of likely N-dealkylation sites (N-methyl/N-ethyl adjacent to an activating group) is 1. The summed E-state index contributed by atoms with van der Waals surface area (Å²) in [6.45, 7) is 4.33. The van der Waals surface area contributed by atoms with Crippen molar-refractivity contribution in [2.75, 3.05) is 14.1 Å². The first-order chi connectivity index (χ1) is 6.94. The van der Waals surface area contributed by atoms with E-state index in [1.165, 1.54) is 5.56 Å². The molecule has 1 atom stereocenters. The molecule has 1 aromatic rings. The number of nitrogens with zero attached hydrogens (tertiary/aromatic N) is 2. The Labute approximate surface area is 92.3 Å². The average Bonchev–Trinajstić information content (AvgIpc) is 2.18. The number of hydrogen-bond donors (Lipinski definition) is 1. The molecule has 1 unspecified atom stereocenters. The molecule has 0 bridgehead atoms. The van der Waals surface area contributed by atoms with Crippen molar-refractivity contribution in [3.05, 3.63) is 30.1 Å². The lowest BCUT2D eigenvalue weighted by molar-refractivity contribution is 0.158. The van der Waals surface area contributed by atoms with Crippen LogP contribution in [0.4, 0.5) is 0 Å². The number of nitrogens with two attached hydrogens (primary N) is 1. The number of hydrogen-bond acceptors (Lipinski definition) is 3. The van der Waals surface area contributed by atoms with Crippen molar-refractivity contribution in [3.8, 4) is 0 Å². The third-order valence-electron chi connectivity index (χ3n) is 3.27. The minimum atomic E-state index is 0.00324. The molecule has 0 radical (unpaired) electrons. The molecule has 0 amide bonds. The molecule has 0 aliphatic heterocycles. The fraction of sp³-hybridized carbons (Fsp3) is 0.583. The monoisotopic (exact) mass is 207 g/mol. The molecule has 15 heavy (non-hydrogen) atoms. The fourth-order valence-corrected chi connectivity index (χ4v) is 1.35. The Bertz CT molecular complexity index is 293. The van der Waals surface area contributed by atoms with Crippen LogP contribution in [-0.4, -0.2) is 35.6 Å². The number of pyridine rings is 1. The van der Waals surface area contributed by atoms with Gasteiger partial charge in [0, 0.05) is 24.0 Å². The first-order valence-corrected chi connectivity index (χ1v) is 5.26. The van der Waals surface area contributed by atoms with Gasteiger partial charge in [-0.25, -0.2) is 0 Å². The van der Waals surface area contributed by atoms with Gasteiger partial charge < -0.3 is 10.6 Å². The summed E-state index contributed by atoms with van der Waals surface area (Å²) >= 11 is 0. The van der Waals surface area contributed by atoms with Gasteiger partial charge in [0.15, 0.2) is 0 Å². The van der Waals surface area contributed by atoms with Crippen LogP contribution < -0.4 is 5.73 Å². The molecule has 1 heterocycles.